The highest BCUT2D eigenvalue weighted by Crippen LogP contribution is 2.41. The minimum Gasteiger partial charge on any atom is -0.493 e. The second kappa shape index (κ2) is 8.46. The molecule has 0 aliphatic carbocycles. The maximum atomic E-state index is 12.7. The Morgan fingerprint density at radius 1 is 1.19 bits per heavy atom. The number of carbonyl (C=O) groups is 1. The summed E-state index contributed by atoms with van der Waals surface area (Å²) in [6.07, 6.45) is 0.972. The summed E-state index contributed by atoms with van der Waals surface area (Å²) in [7, 11) is 1.64. The first-order valence-corrected chi connectivity index (χ1v) is 10.7. The number of imidazole rings is 1. The van der Waals surface area contributed by atoms with Crippen LogP contribution in [-0.4, -0.2) is 29.1 Å². The molecule has 31 heavy (non-hydrogen) atoms. The van der Waals surface area contributed by atoms with Crippen molar-refractivity contribution in [1.29, 1.82) is 0 Å². The second-order valence-electron chi connectivity index (χ2n) is 8.36. The van der Waals surface area contributed by atoms with E-state index >= 15 is 0 Å². The zero-order valence-electron chi connectivity index (χ0n) is 18.7. The van der Waals surface area contributed by atoms with Crippen molar-refractivity contribution in [2.75, 3.05) is 19.0 Å². The van der Waals surface area contributed by atoms with Crippen LogP contribution in [0, 0.1) is 5.92 Å². The van der Waals surface area contributed by atoms with E-state index in [4.69, 9.17) is 14.5 Å². The van der Waals surface area contributed by atoms with Crippen LogP contribution < -0.4 is 14.8 Å². The van der Waals surface area contributed by atoms with Gasteiger partial charge < -0.3 is 14.8 Å². The normalized spacial score (nSPS) is 15.7. The summed E-state index contributed by atoms with van der Waals surface area (Å²) in [5.41, 5.74) is 4.33. The van der Waals surface area contributed by atoms with E-state index in [0.29, 0.717) is 29.6 Å². The molecule has 0 bridgehead atoms. The fraction of sp³-hybridized carbons (Fsp3) is 0.360. The molecule has 1 aliphatic rings. The van der Waals surface area contributed by atoms with E-state index in [1.165, 1.54) is 0 Å². The van der Waals surface area contributed by atoms with Crippen LogP contribution in [0.4, 0.5) is 5.95 Å². The van der Waals surface area contributed by atoms with Gasteiger partial charge in [-0.05, 0) is 56.0 Å². The monoisotopic (exact) mass is 419 g/mol. The molecule has 4 rings (SSSR count). The summed E-state index contributed by atoms with van der Waals surface area (Å²) in [5.74, 6) is 2.69. The van der Waals surface area contributed by atoms with Gasteiger partial charge in [-0.1, -0.05) is 32.0 Å². The van der Waals surface area contributed by atoms with Crippen molar-refractivity contribution in [2.24, 2.45) is 5.92 Å². The number of hydrogen-bond acceptors (Lipinski definition) is 5. The second-order valence-corrected chi connectivity index (χ2v) is 8.36. The average molecular weight is 420 g/mol. The van der Waals surface area contributed by atoms with E-state index in [9.17, 15) is 4.79 Å². The standard InChI is InChI=1S/C25H29N3O3/c1-15(2)12-13-31-21-11-10-18(14-22(21)30-5)24-23(17(4)29)16(3)26-25-27-19-8-6-7-9-20(19)28(24)25/h6-11,14-15,24H,12-13H2,1-5H3,(H,26,27)/t24-/m1/s1. The third-order valence-corrected chi connectivity index (χ3v) is 5.67. The van der Waals surface area contributed by atoms with Gasteiger partial charge in [0.25, 0.3) is 0 Å². The van der Waals surface area contributed by atoms with Crippen molar-refractivity contribution in [3.8, 4) is 11.5 Å². The molecule has 0 fully saturated rings. The van der Waals surface area contributed by atoms with E-state index in [0.717, 1.165) is 34.7 Å². The number of ether oxygens (including phenoxy) is 2. The lowest BCUT2D eigenvalue weighted by Gasteiger charge is -2.30. The van der Waals surface area contributed by atoms with E-state index in [-0.39, 0.29) is 11.8 Å². The van der Waals surface area contributed by atoms with Crippen LogP contribution in [0.2, 0.25) is 0 Å². The predicted octanol–water partition coefficient (Wildman–Crippen LogP) is 5.35. The fourth-order valence-corrected chi connectivity index (χ4v) is 4.11. The number of ketones is 1. The number of Topliss-reactive ketones (excluding diaryl/α,β-unsaturated/α-hetero) is 1. The van der Waals surface area contributed by atoms with Crippen LogP contribution in [0.5, 0.6) is 11.5 Å². The number of nitrogens with zero attached hydrogens (tertiary/aromatic N) is 2. The Hall–Kier alpha value is -3.28. The van der Waals surface area contributed by atoms with E-state index in [1.54, 1.807) is 14.0 Å². The minimum absolute atomic E-state index is 0.0228. The van der Waals surface area contributed by atoms with Crippen molar-refractivity contribution in [2.45, 2.75) is 40.2 Å². The quantitative estimate of drug-likeness (QED) is 0.559. The highest BCUT2D eigenvalue weighted by Gasteiger charge is 2.33. The molecule has 0 saturated heterocycles. The van der Waals surface area contributed by atoms with Crippen molar-refractivity contribution < 1.29 is 14.3 Å². The van der Waals surface area contributed by atoms with Crippen molar-refractivity contribution in [3.63, 3.8) is 0 Å². The zero-order chi connectivity index (χ0) is 22.1. The van der Waals surface area contributed by atoms with Crippen molar-refractivity contribution >= 4 is 22.8 Å². The van der Waals surface area contributed by atoms with Crippen LogP contribution in [0.15, 0.2) is 53.7 Å². The van der Waals surface area contributed by atoms with Gasteiger partial charge in [0.2, 0.25) is 5.95 Å². The number of carbonyl (C=O) groups excluding carboxylic acids is 1. The molecule has 0 amide bonds. The Bertz CT molecular complexity index is 1160. The number of benzene rings is 2. The molecular formula is C25H29N3O3. The number of para-hydroxylation sites is 2. The summed E-state index contributed by atoms with van der Waals surface area (Å²) in [5, 5.41) is 3.31. The van der Waals surface area contributed by atoms with Gasteiger partial charge in [-0.15, -0.1) is 0 Å². The number of fused-ring (bicyclic) bond motifs is 3. The molecule has 2 aromatic carbocycles. The zero-order valence-corrected chi connectivity index (χ0v) is 18.7. The highest BCUT2D eigenvalue weighted by molar-refractivity contribution is 5.97. The maximum absolute atomic E-state index is 12.7. The lowest BCUT2D eigenvalue weighted by atomic mass is 9.92. The van der Waals surface area contributed by atoms with Crippen LogP contribution in [-0.2, 0) is 4.79 Å². The van der Waals surface area contributed by atoms with Gasteiger partial charge in [-0.2, -0.15) is 0 Å². The summed E-state index contributed by atoms with van der Waals surface area (Å²) >= 11 is 0. The van der Waals surface area contributed by atoms with E-state index in [1.807, 2.05) is 49.4 Å². The summed E-state index contributed by atoms with van der Waals surface area (Å²) in [6, 6.07) is 13.6. The van der Waals surface area contributed by atoms with E-state index in [2.05, 4.69) is 23.7 Å². The molecule has 2 heterocycles. The number of methoxy groups -OCH3 is 1. The summed E-state index contributed by atoms with van der Waals surface area (Å²) in [6.45, 7) is 8.51. The molecule has 0 spiro atoms. The Morgan fingerprint density at radius 2 is 1.97 bits per heavy atom. The van der Waals surface area contributed by atoms with Gasteiger partial charge in [0, 0.05) is 11.3 Å². The molecule has 3 aromatic rings. The molecule has 1 N–H and O–H groups in total. The van der Waals surface area contributed by atoms with E-state index < -0.39 is 0 Å². The Balaban J connectivity index is 1.82. The van der Waals surface area contributed by atoms with Crippen LogP contribution in [0.25, 0.3) is 11.0 Å². The topological polar surface area (TPSA) is 65.4 Å². The number of allylic oxidation sites excluding steroid dienone is 2. The van der Waals surface area contributed by atoms with Gasteiger partial charge in [0.1, 0.15) is 0 Å². The first-order valence-electron chi connectivity index (χ1n) is 10.7. The fourth-order valence-electron chi connectivity index (χ4n) is 4.11. The summed E-state index contributed by atoms with van der Waals surface area (Å²) < 4.78 is 13.7. The highest BCUT2D eigenvalue weighted by atomic mass is 16.5. The number of aromatic nitrogens is 2. The van der Waals surface area contributed by atoms with Gasteiger partial charge in [0.15, 0.2) is 17.3 Å². The Labute approximate surface area is 182 Å². The van der Waals surface area contributed by atoms with Gasteiger partial charge in [-0.3, -0.25) is 9.36 Å². The Kier molecular flexibility index (Phi) is 5.72. The number of anilines is 1. The smallest absolute Gasteiger partial charge is 0.209 e. The third-order valence-electron chi connectivity index (χ3n) is 5.67. The van der Waals surface area contributed by atoms with Gasteiger partial charge in [0.05, 0.1) is 30.8 Å². The van der Waals surface area contributed by atoms with Crippen LogP contribution in [0.1, 0.15) is 45.7 Å². The summed E-state index contributed by atoms with van der Waals surface area (Å²) in [4.78, 5) is 17.4. The van der Waals surface area contributed by atoms with Gasteiger partial charge in [-0.25, -0.2) is 4.98 Å². The molecular weight excluding hydrogens is 390 g/mol. The Morgan fingerprint density at radius 3 is 2.68 bits per heavy atom. The third kappa shape index (κ3) is 3.90. The molecule has 1 aromatic heterocycles. The lowest BCUT2D eigenvalue weighted by molar-refractivity contribution is -0.114. The van der Waals surface area contributed by atoms with Crippen LogP contribution in [0.3, 0.4) is 0 Å². The number of nitrogens with one attached hydrogen (secondary N) is 1. The average Bonchev–Trinajstić information content (AvgIpc) is 3.10. The molecule has 0 unspecified atom stereocenters. The number of hydrogen-bond donors (Lipinski definition) is 1. The van der Waals surface area contributed by atoms with Crippen molar-refractivity contribution in [1.82, 2.24) is 9.55 Å². The molecule has 1 aliphatic heterocycles. The SMILES string of the molecule is COc1cc([C@@H]2C(C(C)=O)=C(C)Nc3nc4ccccc4n32)ccc1OCCC(C)C. The first-order chi connectivity index (χ1) is 14.9. The van der Waals surface area contributed by atoms with Gasteiger partial charge >= 0.3 is 0 Å². The molecule has 162 valence electrons. The van der Waals surface area contributed by atoms with Crippen molar-refractivity contribution in [3.05, 3.63) is 59.3 Å². The molecule has 6 nitrogen and oxygen atoms in total. The predicted molar refractivity (Wildman–Crippen MR) is 123 cm³/mol. The molecule has 6 heteroatoms. The van der Waals surface area contributed by atoms with Crippen LogP contribution >= 0.6 is 0 Å². The molecule has 0 saturated carbocycles. The minimum atomic E-state index is -0.306. The maximum Gasteiger partial charge on any atom is 0.209 e. The first kappa shape index (κ1) is 21.0. The largest absolute Gasteiger partial charge is 0.493 e. The molecule has 0 radical (unpaired) electrons. The molecule has 1 atom stereocenters. The lowest BCUT2D eigenvalue weighted by Crippen LogP contribution is -2.27. The number of rotatable bonds is 7.